The van der Waals surface area contributed by atoms with Gasteiger partial charge in [-0.15, -0.1) is 0 Å². The van der Waals surface area contributed by atoms with E-state index in [1.54, 1.807) is 18.9 Å². The van der Waals surface area contributed by atoms with Gasteiger partial charge >= 0.3 is 0 Å². The summed E-state index contributed by atoms with van der Waals surface area (Å²) < 4.78 is 4.96. The highest BCUT2D eigenvalue weighted by molar-refractivity contribution is 9.09. The van der Waals surface area contributed by atoms with Crippen LogP contribution in [0.2, 0.25) is 0 Å². The second-order valence-electron chi connectivity index (χ2n) is 2.93. The summed E-state index contributed by atoms with van der Waals surface area (Å²) in [7, 11) is 1.67. The number of amides is 1. The molecule has 1 unspecified atom stereocenters. The SMILES string of the molecule is COCC(Br)CCNC(=O)CCSC. The van der Waals surface area contributed by atoms with E-state index in [1.807, 2.05) is 6.26 Å². The van der Waals surface area contributed by atoms with E-state index in [9.17, 15) is 4.79 Å². The largest absolute Gasteiger partial charge is 0.384 e. The molecule has 0 rings (SSSR count). The molecule has 0 aromatic rings. The molecule has 14 heavy (non-hydrogen) atoms. The van der Waals surface area contributed by atoms with Crippen molar-refractivity contribution in [2.45, 2.75) is 17.7 Å². The average Bonchev–Trinajstić information content (AvgIpc) is 2.15. The Bertz CT molecular complexity index is 158. The second kappa shape index (κ2) is 9.80. The Labute approximate surface area is 98.5 Å². The van der Waals surface area contributed by atoms with Crippen LogP contribution in [0.15, 0.2) is 0 Å². The molecule has 0 saturated carbocycles. The zero-order chi connectivity index (χ0) is 10.8. The van der Waals surface area contributed by atoms with E-state index in [0.29, 0.717) is 24.4 Å². The molecule has 0 aromatic heterocycles. The molecular weight excluding hydrogens is 266 g/mol. The number of halogens is 1. The first-order valence-corrected chi connectivity index (χ1v) is 6.90. The lowest BCUT2D eigenvalue weighted by molar-refractivity contribution is -0.120. The summed E-state index contributed by atoms with van der Waals surface area (Å²) in [5.41, 5.74) is 0. The first-order chi connectivity index (χ1) is 6.70. The zero-order valence-electron chi connectivity index (χ0n) is 8.72. The lowest BCUT2D eigenvalue weighted by atomic mass is 10.3. The molecule has 0 saturated heterocycles. The Morgan fingerprint density at radius 1 is 1.64 bits per heavy atom. The predicted octanol–water partition coefficient (Wildman–Crippen LogP) is 1.66. The van der Waals surface area contributed by atoms with Crippen molar-refractivity contribution in [3.8, 4) is 0 Å². The van der Waals surface area contributed by atoms with Crippen LogP contribution in [0.25, 0.3) is 0 Å². The van der Waals surface area contributed by atoms with Gasteiger partial charge in [-0.05, 0) is 12.7 Å². The average molecular weight is 284 g/mol. The minimum absolute atomic E-state index is 0.136. The molecule has 1 atom stereocenters. The Kier molecular flexibility index (Phi) is 9.98. The third-order valence-electron chi connectivity index (χ3n) is 1.66. The van der Waals surface area contributed by atoms with Crippen LogP contribution in [0, 0.1) is 0 Å². The fraction of sp³-hybridized carbons (Fsp3) is 0.889. The molecule has 0 aliphatic rings. The first kappa shape index (κ1) is 14.3. The minimum Gasteiger partial charge on any atom is -0.384 e. The number of thioether (sulfide) groups is 1. The quantitative estimate of drug-likeness (QED) is 0.689. The van der Waals surface area contributed by atoms with Crippen LogP contribution in [-0.4, -0.2) is 43.0 Å². The Balaban J connectivity index is 3.30. The van der Waals surface area contributed by atoms with Crippen LogP contribution in [0.1, 0.15) is 12.8 Å². The van der Waals surface area contributed by atoms with E-state index in [-0.39, 0.29) is 5.91 Å². The number of carbonyl (C=O) groups is 1. The first-order valence-electron chi connectivity index (χ1n) is 4.59. The molecule has 1 amide bonds. The number of hydrogen-bond donors (Lipinski definition) is 1. The van der Waals surface area contributed by atoms with Gasteiger partial charge in [0.1, 0.15) is 0 Å². The fourth-order valence-electron chi connectivity index (χ4n) is 0.916. The van der Waals surface area contributed by atoms with E-state index in [1.165, 1.54) is 0 Å². The van der Waals surface area contributed by atoms with Crippen LogP contribution in [0.4, 0.5) is 0 Å². The molecule has 0 fully saturated rings. The summed E-state index contributed by atoms with van der Waals surface area (Å²) in [6.07, 6.45) is 3.51. The van der Waals surface area contributed by atoms with Gasteiger partial charge in [0.05, 0.1) is 6.61 Å². The molecule has 0 radical (unpaired) electrons. The zero-order valence-corrected chi connectivity index (χ0v) is 11.1. The van der Waals surface area contributed by atoms with Gasteiger partial charge in [-0.25, -0.2) is 0 Å². The monoisotopic (exact) mass is 283 g/mol. The van der Waals surface area contributed by atoms with Gasteiger partial charge in [0.25, 0.3) is 0 Å². The second-order valence-corrected chi connectivity index (χ2v) is 5.21. The van der Waals surface area contributed by atoms with E-state index >= 15 is 0 Å². The normalized spacial score (nSPS) is 12.5. The van der Waals surface area contributed by atoms with Crippen molar-refractivity contribution in [1.29, 1.82) is 0 Å². The predicted molar refractivity (Wildman–Crippen MR) is 65.2 cm³/mol. The summed E-state index contributed by atoms with van der Waals surface area (Å²) in [5.74, 6) is 1.03. The van der Waals surface area contributed by atoms with Gasteiger partial charge in [0, 0.05) is 30.7 Å². The van der Waals surface area contributed by atoms with Gasteiger partial charge in [0.2, 0.25) is 5.91 Å². The Morgan fingerprint density at radius 3 is 2.93 bits per heavy atom. The van der Waals surface area contributed by atoms with Crippen molar-refractivity contribution < 1.29 is 9.53 Å². The highest BCUT2D eigenvalue weighted by atomic mass is 79.9. The molecule has 5 heteroatoms. The van der Waals surface area contributed by atoms with Crippen LogP contribution < -0.4 is 5.32 Å². The van der Waals surface area contributed by atoms with Gasteiger partial charge < -0.3 is 10.1 Å². The van der Waals surface area contributed by atoms with Gasteiger partial charge in [-0.3, -0.25) is 4.79 Å². The van der Waals surface area contributed by atoms with E-state index in [0.717, 1.165) is 12.2 Å². The van der Waals surface area contributed by atoms with E-state index in [4.69, 9.17) is 4.74 Å². The van der Waals surface area contributed by atoms with Crippen LogP contribution in [-0.2, 0) is 9.53 Å². The molecule has 84 valence electrons. The summed E-state index contributed by atoms with van der Waals surface area (Å²) in [5, 5.41) is 2.87. The third-order valence-corrected chi connectivity index (χ3v) is 3.00. The summed E-state index contributed by atoms with van der Waals surface area (Å²) in [6.45, 7) is 1.40. The Morgan fingerprint density at radius 2 is 2.36 bits per heavy atom. The van der Waals surface area contributed by atoms with Crippen molar-refractivity contribution in [1.82, 2.24) is 5.32 Å². The van der Waals surface area contributed by atoms with Crippen molar-refractivity contribution in [2.75, 3.05) is 32.3 Å². The number of rotatable bonds is 8. The number of hydrogen-bond acceptors (Lipinski definition) is 3. The molecule has 0 aromatic carbocycles. The molecule has 0 bridgehead atoms. The fourth-order valence-corrected chi connectivity index (χ4v) is 1.80. The smallest absolute Gasteiger partial charge is 0.220 e. The lowest BCUT2D eigenvalue weighted by Gasteiger charge is -2.09. The van der Waals surface area contributed by atoms with Crippen LogP contribution >= 0.6 is 27.7 Å². The maximum Gasteiger partial charge on any atom is 0.220 e. The van der Waals surface area contributed by atoms with Crippen molar-refractivity contribution >= 4 is 33.6 Å². The maximum atomic E-state index is 11.2. The molecule has 1 N–H and O–H groups in total. The molecule has 0 aliphatic carbocycles. The molecule has 0 spiro atoms. The number of ether oxygens (including phenoxy) is 1. The summed E-state index contributed by atoms with van der Waals surface area (Å²) in [4.78, 5) is 11.5. The molecule has 0 aliphatic heterocycles. The van der Waals surface area contributed by atoms with Gasteiger partial charge in [-0.1, -0.05) is 15.9 Å². The number of alkyl halides is 1. The maximum absolute atomic E-state index is 11.2. The highest BCUT2D eigenvalue weighted by Gasteiger charge is 2.04. The van der Waals surface area contributed by atoms with Gasteiger partial charge in [0.15, 0.2) is 0 Å². The number of carbonyl (C=O) groups excluding carboxylic acids is 1. The summed E-state index contributed by atoms with van der Waals surface area (Å²) >= 11 is 5.15. The topological polar surface area (TPSA) is 38.3 Å². The summed E-state index contributed by atoms with van der Waals surface area (Å²) in [6, 6.07) is 0. The van der Waals surface area contributed by atoms with Crippen molar-refractivity contribution in [3.05, 3.63) is 0 Å². The number of methoxy groups -OCH3 is 1. The Hall–Kier alpha value is 0.260. The van der Waals surface area contributed by atoms with Crippen LogP contribution in [0.3, 0.4) is 0 Å². The highest BCUT2D eigenvalue weighted by Crippen LogP contribution is 2.04. The molecule has 0 heterocycles. The van der Waals surface area contributed by atoms with E-state index in [2.05, 4.69) is 21.2 Å². The van der Waals surface area contributed by atoms with Crippen molar-refractivity contribution in [2.24, 2.45) is 0 Å². The van der Waals surface area contributed by atoms with Gasteiger partial charge in [-0.2, -0.15) is 11.8 Å². The standard InChI is InChI=1S/C9H18BrNO2S/c1-13-7-8(10)3-5-11-9(12)4-6-14-2/h8H,3-7H2,1-2H3,(H,11,12). The minimum atomic E-state index is 0.136. The van der Waals surface area contributed by atoms with E-state index < -0.39 is 0 Å². The number of nitrogens with one attached hydrogen (secondary N) is 1. The lowest BCUT2D eigenvalue weighted by Crippen LogP contribution is -2.27. The molecule has 3 nitrogen and oxygen atoms in total. The molecular formula is C9H18BrNO2S. The van der Waals surface area contributed by atoms with Crippen LogP contribution in [0.5, 0.6) is 0 Å². The van der Waals surface area contributed by atoms with Crippen molar-refractivity contribution in [3.63, 3.8) is 0 Å². The third kappa shape index (κ3) is 8.84.